The van der Waals surface area contributed by atoms with Crippen LogP contribution < -0.4 is 10.6 Å². The summed E-state index contributed by atoms with van der Waals surface area (Å²) in [5, 5.41) is 9.72. The average Bonchev–Trinajstić information content (AvgIpc) is 3.35. The number of rotatable bonds is 6. The van der Waals surface area contributed by atoms with Crippen molar-refractivity contribution in [2.45, 2.75) is 45.1 Å². The molecule has 1 fully saturated rings. The van der Waals surface area contributed by atoms with Gasteiger partial charge in [-0.05, 0) is 31.6 Å². The third-order valence-corrected chi connectivity index (χ3v) is 4.51. The molecule has 2 atom stereocenters. The smallest absolute Gasteiger partial charge is 0.407 e. The molecule has 29 heavy (non-hydrogen) atoms. The minimum atomic E-state index is -0.442. The molecule has 10 nitrogen and oxygen atoms in total. The second-order valence-corrected chi connectivity index (χ2v) is 7.34. The molecule has 0 aromatic carbocycles. The number of methoxy groups -OCH3 is 1. The van der Waals surface area contributed by atoms with Crippen LogP contribution in [-0.2, 0) is 27.9 Å². The van der Waals surface area contributed by atoms with Gasteiger partial charge in [-0.3, -0.25) is 14.5 Å². The molecule has 1 aromatic heterocycles. The number of aryl methyl sites for hydroxylation is 1. The third-order valence-electron chi connectivity index (χ3n) is 4.51. The van der Waals surface area contributed by atoms with Crippen LogP contribution in [0.2, 0.25) is 0 Å². The molecule has 158 valence electrons. The fraction of sp³-hybridized carbons (Fsp3) is 0.579. The molecule has 2 aliphatic heterocycles. The van der Waals surface area contributed by atoms with Crippen LogP contribution in [0.5, 0.6) is 0 Å². The van der Waals surface area contributed by atoms with E-state index in [0.29, 0.717) is 43.4 Å². The molecule has 3 heterocycles. The highest BCUT2D eigenvalue weighted by atomic mass is 16.6. The van der Waals surface area contributed by atoms with Gasteiger partial charge in [0, 0.05) is 26.6 Å². The Morgan fingerprint density at radius 2 is 2.21 bits per heavy atom. The topological polar surface area (TPSA) is 116 Å². The summed E-state index contributed by atoms with van der Waals surface area (Å²) in [5.74, 6) is 0.183. The second kappa shape index (κ2) is 9.19. The van der Waals surface area contributed by atoms with Crippen molar-refractivity contribution in [1.82, 2.24) is 20.4 Å². The lowest BCUT2D eigenvalue weighted by molar-refractivity contribution is 0.0749. The standard InChI is InChI=1S/C19H27N5O5/c1-11(2)21-19(26)29-14-7-16(28-10-14)12-5-17(20-8-12)22-18(25)15-6-13(9-27-4)23-24(15)3/h5-6,11,14,16H,7-10H2,1-4H3,(H,21,26)(H,20,22,25)/t14-,16+/m0/s1. The monoisotopic (exact) mass is 405 g/mol. The van der Waals surface area contributed by atoms with Crippen molar-refractivity contribution in [3.8, 4) is 0 Å². The summed E-state index contributed by atoms with van der Waals surface area (Å²) < 4.78 is 17.7. The quantitative estimate of drug-likeness (QED) is 0.727. The first-order valence-electron chi connectivity index (χ1n) is 9.52. The number of alkyl carbamates (subject to hydrolysis) is 1. The molecule has 2 amide bonds. The minimum absolute atomic E-state index is 0.0164. The van der Waals surface area contributed by atoms with Crippen molar-refractivity contribution in [1.29, 1.82) is 0 Å². The molecule has 1 saturated heterocycles. The van der Waals surface area contributed by atoms with E-state index in [1.54, 1.807) is 20.2 Å². The van der Waals surface area contributed by atoms with Crippen molar-refractivity contribution in [2.75, 3.05) is 20.3 Å². The molecule has 2 N–H and O–H groups in total. The van der Waals surface area contributed by atoms with Gasteiger partial charge < -0.3 is 24.8 Å². The van der Waals surface area contributed by atoms with Crippen LogP contribution in [0.3, 0.4) is 0 Å². The molecular formula is C19H27N5O5. The number of ether oxygens (including phenoxy) is 3. The number of aromatic nitrogens is 2. The molecule has 0 bridgehead atoms. The molecule has 0 radical (unpaired) electrons. The van der Waals surface area contributed by atoms with Gasteiger partial charge in [0.15, 0.2) is 0 Å². The highest BCUT2D eigenvalue weighted by Crippen LogP contribution is 2.25. The maximum absolute atomic E-state index is 12.5. The number of aliphatic imine (C=N–C) groups is 1. The molecule has 1 aromatic rings. The highest BCUT2D eigenvalue weighted by molar-refractivity contribution is 6.10. The zero-order valence-electron chi connectivity index (χ0n) is 17.1. The lowest BCUT2D eigenvalue weighted by Gasteiger charge is -2.13. The van der Waals surface area contributed by atoms with Gasteiger partial charge in [-0.15, -0.1) is 0 Å². The van der Waals surface area contributed by atoms with E-state index in [4.69, 9.17) is 14.2 Å². The van der Waals surface area contributed by atoms with E-state index in [0.717, 1.165) is 5.57 Å². The highest BCUT2D eigenvalue weighted by Gasteiger charge is 2.32. The zero-order valence-corrected chi connectivity index (χ0v) is 17.1. The average molecular weight is 405 g/mol. The van der Waals surface area contributed by atoms with Crippen molar-refractivity contribution in [2.24, 2.45) is 12.0 Å². The lowest BCUT2D eigenvalue weighted by Crippen LogP contribution is -2.34. The fourth-order valence-corrected chi connectivity index (χ4v) is 3.21. The second-order valence-electron chi connectivity index (χ2n) is 7.34. The van der Waals surface area contributed by atoms with E-state index in [1.807, 2.05) is 19.9 Å². The largest absolute Gasteiger partial charge is 0.444 e. The Bertz CT molecular complexity index is 829. The summed E-state index contributed by atoms with van der Waals surface area (Å²) in [7, 11) is 3.28. The molecule has 2 aliphatic rings. The number of nitrogens with one attached hydrogen (secondary N) is 2. The van der Waals surface area contributed by atoms with Gasteiger partial charge in [0.2, 0.25) is 0 Å². The Morgan fingerprint density at radius 3 is 2.93 bits per heavy atom. The number of hydrogen-bond donors (Lipinski definition) is 2. The Kier molecular flexibility index (Phi) is 6.65. The van der Waals surface area contributed by atoms with Gasteiger partial charge in [-0.25, -0.2) is 4.79 Å². The Hall–Kier alpha value is -2.72. The molecule has 0 spiro atoms. The van der Waals surface area contributed by atoms with E-state index in [9.17, 15) is 9.59 Å². The maximum atomic E-state index is 12.5. The van der Waals surface area contributed by atoms with Gasteiger partial charge in [-0.2, -0.15) is 5.10 Å². The van der Waals surface area contributed by atoms with Gasteiger partial charge in [0.1, 0.15) is 17.6 Å². The van der Waals surface area contributed by atoms with E-state index in [-0.39, 0.29) is 24.2 Å². The summed E-state index contributed by atoms with van der Waals surface area (Å²) >= 11 is 0. The number of hydrogen-bond acceptors (Lipinski definition) is 7. The van der Waals surface area contributed by atoms with Gasteiger partial charge in [0.25, 0.3) is 5.91 Å². The SMILES string of the molecule is COCc1cc(C(=O)NC2=NCC([C@H]3C[C@H](OC(=O)NC(C)C)CO3)=C2)n(C)n1. The predicted molar refractivity (Wildman–Crippen MR) is 105 cm³/mol. The van der Waals surface area contributed by atoms with Crippen molar-refractivity contribution >= 4 is 17.8 Å². The molecule has 3 rings (SSSR count). The summed E-state index contributed by atoms with van der Waals surface area (Å²) in [6, 6.07) is 1.70. The molecule has 0 aliphatic carbocycles. The van der Waals surface area contributed by atoms with Crippen LogP contribution in [0.4, 0.5) is 4.79 Å². The summed E-state index contributed by atoms with van der Waals surface area (Å²) in [6.07, 6.45) is 1.45. The van der Waals surface area contributed by atoms with Crippen LogP contribution in [-0.4, -0.2) is 66.1 Å². The maximum Gasteiger partial charge on any atom is 0.407 e. The summed E-state index contributed by atoms with van der Waals surface area (Å²) in [5.41, 5.74) is 2.04. The summed E-state index contributed by atoms with van der Waals surface area (Å²) in [6.45, 7) is 4.85. The Labute approximate surface area is 169 Å². The van der Waals surface area contributed by atoms with Crippen molar-refractivity contribution in [3.63, 3.8) is 0 Å². The van der Waals surface area contributed by atoms with E-state index in [1.165, 1.54) is 4.68 Å². The van der Waals surface area contributed by atoms with Crippen LogP contribution in [0.25, 0.3) is 0 Å². The van der Waals surface area contributed by atoms with Gasteiger partial charge in [0.05, 0.1) is 31.6 Å². The Morgan fingerprint density at radius 1 is 1.41 bits per heavy atom. The zero-order chi connectivity index (χ0) is 21.0. The van der Waals surface area contributed by atoms with Crippen LogP contribution in [0.15, 0.2) is 22.7 Å². The van der Waals surface area contributed by atoms with E-state index < -0.39 is 6.09 Å². The van der Waals surface area contributed by atoms with E-state index >= 15 is 0 Å². The van der Waals surface area contributed by atoms with Gasteiger partial charge in [-0.1, -0.05) is 0 Å². The van der Waals surface area contributed by atoms with Crippen LogP contribution in [0, 0.1) is 0 Å². The van der Waals surface area contributed by atoms with Crippen LogP contribution in [0.1, 0.15) is 36.5 Å². The summed E-state index contributed by atoms with van der Waals surface area (Å²) in [4.78, 5) is 28.6. The predicted octanol–water partition coefficient (Wildman–Crippen LogP) is 0.927. The van der Waals surface area contributed by atoms with E-state index in [2.05, 4.69) is 20.7 Å². The van der Waals surface area contributed by atoms with Crippen LogP contribution >= 0.6 is 0 Å². The molecular weight excluding hydrogens is 378 g/mol. The fourth-order valence-electron chi connectivity index (χ4n) is 3.21. The first-order valence-corrected chi connectivity index (χ1v) is 9.52. The number of carbonyl (C=O) groups is 2. The molecule has 0 saturated carbocycles. The number of amidine groups is 1. The Balaban J connectivity index is 1.52. The molecule has 10 heteroatoms. The molecule has 0 unspecified atom stereocenters. The van der Waals surface area contributed by atoms with Gasteiger partial charge >= 0.3 is 6.09 Å². The number of nitrogens with zero attached hydrogens (tertiary/aromatic N) is 3. The normalized spacial score (nSPS) is 21.1. The first kappa shape index (κ1) is 21.0. The lowest BCUT2D eigenvalue weighted by atomic mass is 10.1. The minimum Gasteiger partial charge on any atom is -0.444 e. The number of amides is 2. The van der Waals surface area contributed by atoms with Crippen molar-refractivity contribution < 1.29 is 23.8 Å². The first-order chi connectivity index (χ1) is 13.9. The third kappa shape index (κ3) is 5.42. The van der Waals surface area contributed by atoms with Crippen molar-refractivity contribution in [3.05, 3.63) is 29.1 Å². The number of carbonyl (C=O) groups excluding carboxylic acids is 2.